The van der Waals surface area contributed by atoms with Crippen molar-refractivity contribution in [2.75, 3.05) is 12.4 Å². The lowest BCUT2D eigenvalue weighted by Crippen LogP contribution is -2.25. The topological polar surface area (TPSA) is 69.9 Å². The number of para-hydroxylation sites is 1. The van der Waals surface area contributed by atoms with Crippen LogP contribution >= 0.6 is 11.8 Å². The minimum absolute atomic E-state index is 0.118. The molecule has 5 nitrogen and oxygen atoms in total. The number of anilines is 1. The monoisotopic (exact) mass is 392 g/mol. The zero-order chi connectivity index (χ0) is 20.1. The van der Waals surface area contributed by atoms with E-state index in [4.69, 9.17) is 5.41 Å². The lowest BCUT2D eigenvalue weighted by atomic mass is 10.1. The number of nitrogens with zero attached hydrogens (tertiary/aromatic N) is 1. The molecule has 3 N–H and O–H groups in total. The zero-order valence-corrected chi connectivity index (χ0v) is 17.1. The largest absolute Gasteiger partial charge is 0.387 e. The molecule has 0 unspecified atom stereocenters. The highest BCUT2D eigenvalue weighted by molar-refractivity contribution is 7.99. The molecular formula is C22H24N4OS. The molecule has 144 valence electrons. The van der Waals surface area contributed by atoms with E-state index >= 15 is 0 Å². The van der Waals surface area contributed by atoms with Gasteiger partial charge in [-0.3, -0.25) is 4.79 Å². The van der Waals surface area contributed by atoms with Crippen LogP contribution < -0.4 is 10.6 Å². The first kappa shape index (κ1) is 19.8. The van der Waals surface area contributed by atoms with Gasteiger partial charge < -0.3 is 20.6 Å². The van der Waals surface area contributed by atoms with E-state index in [1.54, 1.807) is 11.8 Å². The van der Waals surface area contributed by atoms with Crippen molar-refractivity contribution >= 4 is 29.6 Å². The maximum atomic E-state index is 12.8. The summed E-state index contributed by atoms with van der Waals surface area (Å²) in [6.45, 7) is 2.41. The fourth-order valence-corrected chi connectivity index (χ4v) is 4.07. The fraction of sp³-hybridized carbons (Fsp3) is 0.182. The molecule has 1 aromatic heterocycles. The second-order valence-corrected chi connectivity index (χ2v) is 7.53. The fourth-order valence-electron chi connectivity index (χ4n) is 3.07. The van der Waals surface area contributed by atoms with Crippen LogP contribution in [-0.2, 0) is 13.6 Å². The number of carbonyl (C=O) groups is 1. The van der Waals surface area contributed by atoms with Gasteiger partial charge in [-0.1, -0.05) is 48.2 Å². The van der Waals surface area contributed by atoms with Gasteiger partial charge in [0.25, 0.3) is 5.91 Å². The third-order valence-electron chi connectivity index (χ3n) is 4.72. The molecule has 0 radical (unpaired) electrons. The van der Waals surface area contributed by atoms with Gasteiger partial charge in [-0.2, -0.15) is 0 Å². The molecule has 1 amide bonds. The van der Waals surface area contributed by atoms with Crippen molar-refractivity contribution in [1.82, 2.24) is 9.88 Å². The highest BCUT2D eigenvalue weighted by atomic mass is 32.2. The molecule has 0 aliphatic heterocycles. The Balaban J connectivity index is 1.77. The Morgan fingerprint density at radius 3 is 2.61 bits per heavy atom. The number of carbonyl (C=O) groups excluding carboxylic acids is 1. The van der Waals surface area contributed by atoms with Gasteiger partial charge in [-0.05, 0) is 30.7 Å². The van der Waals surface area contributed by atoms with Crippen molar-refractivity contribution in [3.63, 3.8) is 0 Å². The first-order chi connectivity index (χ1) is 13.5. The second-order valence-electron chi connectivity index (χ2n) is 6.41. The summed E-state index contributed by atoms with van der Waals surface area (Å²) in [5.74, 6) is -0.118. The Labute approximate surface area is 169 Å². The van der Waals surface area contributed by atoms with Gasteiger partial charge in [0.1, 0.15) is 5.69 Å². The molecule has 0 bridgehead atoms. The summed E-state index contributed by atoms with van der Waals surface area (Å²) < 4.78 is 1.92. The van der Waals surface area contributed by atoms with Crippen LogP contribution in [0.15, 0.2) is 64.4 Å². The Morgan fingerprint density at radius 1 is 1.18 bits per heavy atom. The van der Waals surface area contributed by atoms with E-state index in [2.05, 4.69) is 22.8 Å². The first-order valence-electron chi connectivity index (χ1n) is 9.02. The molecule has 0 saturated heterocycles. The Hall–Kier alpha value is -2.99. The van der Waals surface area contributed by atoms with Crippen molar-refractivity contribution in [3.8, 4) is 0 Å². The van der Waals surface area contributed by atoms with E-state index in [0.29, 0.717) is 12.2 Å². The molecule has 6 heteroatoms. The van der Waals surface area contributed by atoms with Gasteiger partial charge in [-0.15, -0.1) is 0 Å². The predicted molar refractivity (Wildman–Crippen MR) is 116 cm³/mol. The summed E-state index contributed by atoms with van der Waals surface area (Å²) >= 11 is 1.66. The molecule has 3 aromatic rings. The molecule has 0 aliphatic rings. The smallest absolute Gasteiger partial charge is 0.268 e. The highest BCUT2D eigenvalue weighted by Crippen LogP contribution is 2.32. The molecular weight excluding hydrogens is 368 g/mol. The number of aromatic nitrogens is 1. The van der Waals surface area contributed by atoms with Gasteiger partial charge in [0, 0.05) is 53.6 Å². The number of rotatable bonds is 7. The number of hydrogen-bond donors (Lipinski definition) is 3. The maximum absolute atomic E-state index is 12.8. The van der Waals surface area contributed by atoms with Crippen LogP contribution in [0.2, 0.25) is 0 Å². The van der Waals surface area contributed by atoms with Crippen LogP contribution in [0.1, 0.15) is 27.3 Å². The van der Waals surface area contributed by atoms with Crippen LogP contribution in [0, 0.1) is 12.3 Å². The van der Waals surface area contributed by atoms with E-state index in [-0.39, 0.29) is 5.91 Å². The van der Waals surface area contributed by atoms with E-state index in [9.17, 15) is 4.79 Å². The Morgan fingerprint density at radius 2 is 1.93 bits per heavy atom. The summed E-state index contributed by atoms with van der Waals surface area (Å²) in [5, 5.41) is 13.6. The third-order valence-corrected chi connectivity index (χ3v) is 5.86. The molecule has 0 aliphatic carbocycles. The highest BCUT2D eigenvalue weighted by Gasteiger charge is 2.17. The average Bonchev–Trinajstić information content (AvgIpc) is 3.00. The van der Waals surface area contributed by atoms with E-state index < -0.39 is 0 Å². The van der Waals surface area contributed by atoms with Crippen LogP contribution in [-0.4, -0.2) is 23.7 Å². The van der Waals surface area contributed by atoms with Gasteiger partial charge in [-0.25, -0.2) is 0 Å². The summed E-state index contributed by atoms with van der Waals surface area (Å²) in [4.78, 5) is 15.0. The van der Waals surface area contributed by atoms with Crippen LogP contribution in [0.4, 0.5) is 5.69 Å². The van der Waals surface area contributed by atoms with E-state index in [0.717, 1.165) is 32.3 Å². The van der Waals surface area contributed by atoms with Crippen molar-refractivity contribution in [1.29, 1.82) is 5.41 Å². The van der Waals surface area contributed by atoms with Crippen LogP contribution in [0.5, 0.6) is 0 Å². The quantitative estimate of drug-likeness (QED) is 0.520. The predicted octanol–water partition coefficient (Wildman–Crippen LogP) is 4.45. The summed E-state index contributed by atoms with van der Waals surface area (Å²) in [5.41, 5.74) is 4.29. The minimum atomic E-state index is -0.118. The molecule has 0 atom stereocenters. The molecule has 0 fully saturated rings. The molecule has 2 aromatic carbocycles. The van der Waals surface area contributed by atoms with Crippen molar-refractivity contribution in [2.24, 2.45) is 7.05 Å². The van der Waals surface area contributed by atoms with Crippen molar-refractivity contribution in [2.45, 2.75) is 23.3 Å². The number of nitrogens with one attached hydrogen (secondary N) is 3. The summed E-state index contributed by atoms with van der Waals surface area (Å²) in [7, 11) is 3.73. The molecule has 1 heterocycles. The standard InChI is InChI=1S/C22H24N4OS/c1-15-20(28-18-10-5-4-6-11-18)12-19(26(15)3)22(27)25-14-17-9-7-8-16(13-23)21(17)24-2/h4-13,23-24H,14H2,1-3H3,(H,25,27). The third kappa shape index (κ3) is 4.12. The SMILES string of the molecule is CNc1c(C=N)cccc1CNC(=O)c1cc(Sc2ccccc2)c(C)n1C. The zero-order valence-electron chi connectivity index (χ0n) is 16.2. The molecule has 28 heavy (non-hydrogen) atoms. The Bertz CT molecular complexity index is 995. The first-order valence-corrected chi connectivity index (χ1v) is 9.84. The van der Waals surface area contributed by atoms with Crippen molar-refractivity contribution in [3.05, 3.63) is 77.1 Å². The van der Waals surface area contributed by atoms with Crippen molar-refractivity contribution < 1.29 is 4.79 Å². The van der Waals surface area contributed by atoms with Gasteiger partial charge in [0.15, 0.2) is 0 Å². The molecule has 0 spiro atoms. The Kier molecular flexibility index (Phi) is 6.21. The number of hydrogen-bond acceptors (Lipinski definition) is 4. The lowest BCUT2D eigenvalue weighted by Gasteiger charge is -2.13. The van der Waals surface area contributed by atoms with E-state index in [1.807, 2.05) is 68.1 Å². The second kappa shape index (κ2) is 8.80. The van der Waals surface area contributed by atoms with Crippen LogP contribution in [0.3, 0.4) is 0 Å². The molecule has 3 rings (SSSR count). The average molecular weight is 393 g/mol. The number of amides is 1. The lowest BCUT2D eigenvalue weighted by molar-refractivity contribution is 0.0942. The van der Waals surface area contributed by atoms with Crippen LogP contribution in [0.25, 0.3) is 0 Å². The summed E-state index contributed by atoms with van der Waals surface area (Å²) in [6.07, 6.45) is 1.31. The van der Waals surface area contributed by atoms with Gasteiger partial charge in [0.2, 0.25) is 0 Å². The minimum Gasteiger partial charge on any atom is -0.387 e. The normalized spacial score (nSPS) is 10.5. The molecule has 0 saturated carbocycles. The van der Waals surface area contributed by atoms with Gasteiger partial charge in [0.05, 0.1) is 0 Å². The maximum Gasteiger partial charge on any atom is 0.268 e. The summed E-state index contributed by atoms with van der Waals surface area (Å²) in [6, 6.07) is 17.8. The van der Waals surface area contributed by atoms with E-state index in [1.165, 1.54) is 6.21 Å². The van der Waals surface area contributed by atoms with Gasteiger partial charge >= 0.3 is 0 Å². The number of benzene rings is 2.